The molecule has 2 N–H and O–H groups in total. The average molecular weight is 365 g/mol. The molecule has 0 atom stereocenters. The molecule has 3 rings (SSSR count). The molecule has 1 saturated heterocycles. The highest BCUT2D eigenvalue weighted by Gasteiger charge is 2.24. The largest absolute Gasteiger partial charge is 0.326 e. The van der Waals surface area contributed by atoms with Crippen molar-refractivity contribution in [2.24, 2.45) is 11.8 Å². The van der Waals surface area contributed by atoms with E-state index in [1.165, 1.54) is 0 Å². The first-order valence-electron chi connectivity index (χ1n) is 8.98. The molecule has 2 aliphatic heterocycles. The molecule has 0 spiro atoms. The molecule has 0 radical (unpaired) electrons. The number of hydrogen-bond donors (Lipinski definition) is 2. The standard InChI is InChI=1S/C18H27N3O3S/c1-13(2)12-21-7-5-14(6-8-21)11-19-25(23,24)16-3-4-17-15(9-16)10-18(22)20-17/h3-4,9,13-14,19H,5-8,10-12H2,1-2H3,(H,20,22). The maximum absolute atomic E-state index is 12.5. The van der Waals surface area contributed by atoms with Gasteiger partial charge in [-0.05, 0) is 61.5 Å². The van der Waals surface area contributed by atoms with Gasteiger partial charge in [0.2, 0.25) is 15.9 Å². The van der Waals surface area contributed by atoms with Gasteiger partial charge >= 0.3 is 0 Å². The Balaban J connectivity index is 1.55. The number of hydrogen-bond acceptors (Lipinski definition) is 4. The summed E-state index contributed by atoms with van der Waals surface area (Å²) in [5, 5.41) is 2.72. The first-order chi connectivity index (χ1) is 11.8. The third-order valence-electron chi connectivity index (χ3n) is 4.90. The number of nitrogens with one attached hydrogen (secondary N) is 2. The van der Waals surface area contributed by atoms with Crippen LogP contribution in [-0.4, -0.2) is 45.4 Å². The summed E-state index contributed by atoms with van der Waals surface area (Å²) < 4.78 is 27.8. The van der Waals surface area contributed by atoms with Crippen LogP contribution in [0.5, 0.6) is 0 Å². The van der Waals surface area contributed by atoms with E-state index in [0.717, 1.165) is 38.0 Å². The van der Waals surface area contributed by atoms with Gasteiger partial charge in [0.05, 0.1) is 11.3 Å². The molecule has 1 aromatic rings. The molecule has 7 heteroatoms. The summed E-state index contributed by atoms with van der Waals surface area (Å²) in [5.41, 5.74) is 1.45. The predicted molar refractivity (Wildman–Crippen MR) is 98.0 cm³/mol. The Morgan fingerprint density at radius 2 is 2.00 bits per heavy atom. The van der Waals surface area contributed by atoms with Gasteiger partial charge in [0.25, 0.3) is 0 Å². The second-order valence-corrected chi connectivity index (χ2v) is 9.30. The highest BCUT2D eigenvalue weighted by molar-refractivity contribution is 7.89. The van der Waals surface area contributed by atoms with Crippen molar-refractivity contribution in [2.45, 2.75) is 38.0 Å². The summed E-state index contributed by atoms with van der Waals surface area (Å²) in [6, 6.07) is 4.82. The van der Waals surface area contributed by atoms with Gasteiger partial charge in [0.15, 0.2) is 0 Å². The van der Waals surface area contributed by atoms with Crippen molar-refractivity contribution in [3.8, 4) is 0 Å². The molecule has 0 aliphatic carbocycles. The molecule has 0 unspecified atom stereocenters. The van der Waals surface area contributed by atoms with Crippen molar-refractivity contribution in [3.63, 3.8) is 0 Å². The minimum atomic E-state index is -3.53. The molecule has 6 nitrogen and oxygen atoms in total. The van der Waals surface area contributed by atoms with E-state index < -0.39 is 10.0 Å². The van der Waals surface area contributed by atoms with E-state index >= 15 is 0 Å². The van der Waals surface area contributed by atoms with E-state index in [2.05, 4.69) is 28.8 Å². The zero-order chi connectivity index (χ0) is 18.0. The minimum absolute atomic E-state index is 0.0920. The van der Waals surface area contributed by atoms with Crippen LogP contribution in [0.15, 0.2) is 23.1 Å². The van der Waals surface area contributed by atoms with Gasteiger partial charge in [0, 0.05) is 18.8 Å². The van der Waals surface area contributed by atoms with E-state index in [1.54, 1.807) is 18.2 Å². The van der Waals surface area contributed by atoms with Crippen molar-refractivity contribution in [1.29, 1.82) is 0 Å². The summed E-state index contributed by atoms with van der Waals surface area (Å²) in [7, 11) is -3.53. The van der Waals surface area contributed by atoms with Gasteiger partial charge in [-0.15, -0.1) is 0 Å². The van der Waals surface area contributed by atoms with E-state index in [-0.39, 0.29) is 17.2 Å². The van der Waals surface area contributed by atoms with E-state index in [4.69, 9.17) is 0 Å². The highest BCUT2D eigenvalue weighted by atomic mass is 32.2. The van der Waals surface area contributed by atoms with Crippen molar-refractivity contribution in [2.75, 3.05) is 31.5 Å². The Bertz CT molecular complexity index is 738. The summed E-state index contributed by atoms with van der Waals surface area (Å²) in [4.78, 5) is 14.1. The molecule has 138 valence electrons. The molecule has 0 saturated carbocycles. The summed E-state index contributed by atoms with van der Waals surface area (Å²) >= 11 is 0. The fourth-order valence-corrected chi connectivity index (χ4v) is 4.74. The fourth-order valence-electron chi connectivity index (χ4n) is 3.57. The monoisotopic (exact) mass is 365 g/mol. The molecular formula is C18H27N3O3S. The lowest BCUT2D eigenvalue weighted by molar-refractivity contribution is -0.115. The Labute approximate surface area is 150 Å². The molecular weight excluding hydrogens is 338 g/mol. The maximum atomic E-state index is 12.5. The number of amides is 1. The molecule has 0 bridgehead atoms. The minimum Gasteiger partial charge on any atom is -0.326 e. The van der Waals surface area contributed by atoms with Crippen LogP contribution in [0.25, 0.3) is 0 Å². The third-order valence-corrected chi connectivity index (χ3v) is 6.33. The number of benzene rings is 1. The van der Waals surface area contributed by atoms with Gasteiger partial charge < -0.3 is 10.2 Å². The lowest BCUT2D eigenvalue weighted by Gasteiger charge is -2.33. The second-order valence-electron chi connectivity index (χ2n) is 7.53. The topological polar surface area (TPSA) is 78.5 Å². The van der Waals surface area contributed by atoms with Gasteiger partial charge in [-0.25, -0.2) is 13.1 Å². The fraction of sp³-hybridized carbons (Fsp3) is 0.611. The summed E-state index contributed by atoms with van der Waals surface area (Å²) in [6.45, 7) is 8.11. The van der Waals surface area contributed by atoms with Crippen LogP contribution in [0, 0.1) is 11.8 Å². The Hall–Kier alpha value is -1.44. The zero-order valence-electron chi connectivity index (χ0n) is 14.9. The first kappa shape index (κ1) is 18.4. The number of sulfonamides is 1. The third kappa shape index (κ3) is 4.59. The highest BCUT2D eigenvalue weighted by Crippen LogP contribution is 2.26. The number of nitrogens with zero attached hydrogens (tertiary/aromatic N) is 1. The predicted octanol–water partition coefficient (Wildman–Crippen LogP) is 1.83. The van der Waals surface area contributed by atoms with E-state index in [0.29, 0.717) is 24.1 Å². The van der Waals surface area contributed by atoms with E-state index in [9.17, 15) is 13.2 Å². The smallest absolute Gasteiger partial charge is 0.240 e. The molecule has 1 fully saturated rings. The molecule has 1 aromatic carbocycles. The average Bonchev–Trinajstić information content (AvgIpc) is 2.93. The van der Waals surface area contributed by atoms with E-state index in [1.807, 2.05) is 0 Å². The second kappa shape index (κ2) is 7.43. The number of anilines is 1. The number of carbonyl (C=O) groups is 1. The van der Waals surface area contributed by atoms with Crippen LogP contribution in [-0.2, 0) is 21.2 Å². The number of likely N-dealkylation sites (tertiary alicyclic amines) is 1. The van der Waals surface area contributed by atoms with Gasteiger partial charge in [-0.3, -0.25) is 4.79 Å². The van der Waals surface area contributed by atoms with Crippen molar-refractivity contribution in [3.05, 3.63) is 23.8 Å². The lowest BCUT2D eigenvalue weighted by atomic mass is 9.96. The maximum Gasteiger partial charge on any atom is 0.240 e. The van der Waals surface area contributed by atoms with Crippen LogP contribution in [0.2, 0.25) is 0 Å². The molecule has 25 heavy (non-hydrogen) atoms. The van der Waals surface area contributed by atoms with Gasteiger partial charge in [-0.1, -0.05) is 13.8 Å². The Morgan fingerprint density at radius 1 is 1.28 bits per heavy atom. The van der Waals surface area contributed by atoms with Gasteiger partial charge in [0.1, 0.15) is 0 Å². The van der Waals surface area contributed by atoms with Gasteiger partial charge in [-0.2, -0.15) is 0 Å². The van der Waals surface area contributed by atoms with Crippen molar-refractivity contribution in [1.82, 2.24) is 9.62 Å². The number of rotatable bonds is 6. The SMILES string of the molecule is CC(C)CN1CCC(CNS(=O)(=O)c2ccc3c(c2)CC(=O)N3)CC1. The number of carbonyl (C=O) groups excluding carboxylic acids is 1. The van der Waals surface area contributed by atoms with Crippen LogP contribution in [0.3, 0.4) is 0 Å². The van der Waals surface area contributed by atoms with Crippen LogP contribution in [0.4, 0.5) is 5.69 Å². The first-order valence-corrected chi connectivity index (χ1v) is 10.5. The van der Waals surface area contributed by atoms with Crippen LogP contribution in [0.1, 0.15) is 32.3 Å². The summed E-state index contributed by atoms with van der Waals surface area (Å²) in [6.07, 6.45) is 2.29. The number of fused-ring (bicyclic) bond motifs is 1. The molecule has 0 aromatic heterocycles. The molecule has 2 heterocycles. The van der Waals surface area contributed by atoms with Crippen LogP contribution < -0.4 is 10.0 Å². The van der Waals surface area contributed by atoms with Crippen molar-refractivity contribution < 1.29 is 13.2 Å². The molecule has 1 amide bonds. The van der Waals surface area contributed by atoms with Crippen LogP contribution >= 0.6 is 0 Å². The Morgan fingerprint density at radius 3 is 2.68 bits per heavy atom. The number of piperidine rings is 1. The molecule has 2 aliphatic rings. The zero-order valence-corrected chi connectivity index (χ0v) is 15.7. The van der Waals surface area contributed by atoms with Crippen molar-refractivity contribution >= 4 is 21.6 Å². The lowest BCUT2D eigenvalue weighted by Crippen LogP contribution is -2.40. The normalized spacial score (nSPS) is 19.2. The Kier molecular flexibility index (Phi) is 5.46. The summed E-state index contributed by atoms with van der Waals surface area (Å²) in [5.74, 6) is 0.956. The quantitative estimate of drug-likeness (QED) is 0.806.